The summed E-state index contributed by atoms with van der Waals surface area (Å²) in [4.78, 5) is 15.0. The predicted molar refractivity (Wildman–Crippen MR) is 129 cm³/mol. The van der Waals surface area contributed by atoms with Crippen LogP contribution in [0.2, 0.25) is 5.02 Å². The molecule has 0 saturated carbocycles. The van der Waals surface area contributed by atoms with Crippen molar-refractivity contribution in [3.63, 3.8) is 0 Å². The van der Waals surface area contributed by atoms with Gasteiger partial charge in [0.2, 0.25) is 11.8 Å². The molecule has 0 radical (unpaired) electrons. The highest BCUT2D eigenvalue weighted by atomic mass is 35.5. The van der Waals surface area contributed by atoms with Crippen LogP contribution in [0.1, 0.15) is 37.9 Å². The van der Waals surface area contributed by atoms with Crippen LogP contribution in [-0.2, 0) is 16.1 Å². The Kier molecular flexibility index (Phi) is 7.36. The molecule has 1 atom stereocenters. The van der Waals surface area contributed by atoms with Gasteiger partial charge in [0.25, 0.3) is 0 Å². The number of carbonyl (C=O) groups is 1. The van der Waals surface area contributed by atoms with Crippen molar-refractivity contribution in [2.75, 3.05) is 13.2 Å². The van der Waals surface area contributed by atoms with E-state index in [1.54, 1.807) is 10.7 Å². The van der Waals surface area contributed by atoms with Crippen molar-refractivity contribution in [2.24, 2.45) is 5.92 Å². The van der Waals surface area contributed by atoms with Crippen molar-refractivity contribution in [1.82, 2.24) is 14.7 Å². The molecule has 7 heteroatoms. The molecule has 6 nitrogen and oxygen atoms in total. The van der Waals surface area contributed by atoms with Crippen molar-refractivity contribution < 1.29 is 14.3 Å². The molecule has 33 heavy (non-hydrogen) atoms. The van der Waals surface area contributed by atoms with Gasteiger partial charge in [0, 0.05) is 19.1 Å². The Morgan fingerprint density at radius 1 is 1.21 bits per heavy atom. The molecule has 1 fully saturated rings. The van der Waals surface area contributed by atoms with Gasteiger partial charge in [-0.2, -0.15) is 5.10 Å². The minimum absolute atomic E-state index is 0.0603. The first-order chi connectivity index (χ1) is 15.9. The Balaban J connectivity index is 1.74. The maximum Gasteiger partial charge on any atom is 0.227 e. The highest BCUT2D eigenvalue weighted by Gasteiger charge is 2.28. The predicted octanol–water partition coefficient (Wildman–Crippen LogP) is 5.79. The van der Waals surface area contributed by atoms with E-state index < -0.39 is 0 Å². The molecule has 0 bridgehead atoms. The average molecular weight is 468 g/mol. The SMILES string of the molecule is Cc1nn(-c2ccccc2)c(Oc2ccccc2Cl)c1CN(C[C@@H]1CCCO1)C(=O)C(C)C. The molecule has 1 saturated heterocycles. The number of benzene rings is 2. The second-order valence-corrected chi connectivity index (χ2v) is 9.06. The average Bonchev–Trinajstić information content (AvgIpc) is 3.43. The molecule has 0 N–H and O–H groups in total. The number of amides is 1. The van der Waals surface area contributed by atoms with Crippen molar-refractivity contribution in [3.05, 3.63) is 70.9 Å². The van der Waals surface area contributed by atoms with Gasteiger partial charge in [-0.1, -0.05) is 55.8 Å². The van der Waals surface area contributed by atoms with Gasteiger partial charge in [0.05, 0.1) is 34.6 Å². The Bertz CT molecular complexity index is 1090. The maximum absolute atomic E-state index is 13.1. The normalized spacial score (nSPS) is 15.7. The van der Waals surface area contributed by atoms with E-state index in [0.717, 1.165) is 36.4 Å². The number of rotatable bonds is 8. The van der Waals surface area contributed by atoms with Crippen molar-refractivity contribution in [3.8, 4) is 17.3 Å². The summed E-state index contributed by atoms with van der Waals surface area (Å²) in [7, 11) is 0. The molecule has 4 rings (SSSR count). The van der Waals surface area contributed by atoms with Gasteiger partial charge < -0.3 is 14.4 Å². The maximum atomic E-state index is 13.1. The Morgan fingerprint density at radius 2 is 1.94 bits per heavy atom. The third-order valence-corrected chi connectivity index (χ3v) is 6.10. The zero-order valence-electron chi connectivity index (χ0n) is 19.3. The lowest BCUT2D eigenvalue weighted by atomic mass is 10.1. The molecule has 1 aliphatic rings. The molecule has 1 amide bonds. The lowest BCUT2D eigenvalue weighted by Crippen LogP contribution is -2.39. The van der Waals surface area contributed by atoms with Gasteiger partial charge in [-0.3, -0.25) is 4.79 Å². The summed E-state index contributed by atoms with van der Waals surface area (Å²) in [5.74, 6) is 1.06. The number of hydrogen-bond donors (Lipinski definition) is 0. The van der Waals surface area contributed by atoms with Crippen LogP contribution >= 0.6 is 11.6 Å². The quantitative estimate of drug-likeness (QED) is 0.420. The minimum Gasteiger partial charge on any atom is -0.437 e. The second kappa shape index (κ2) is 10.4. The lowest BCUT2D eigenvalue weighted by molar-refractivity contribution is -0.136. The monoisotopic (exact) mass is 467 g/mol. The fraction of sp³-hybridized carbons (Fsp3) is 0.385. The smallest absolute Gasteiger partial charge is 0.227 e. The number of aromatic nitrogens is 2. The van der Waals surface area contributed by atoms with Crippen LogP contribution < -0.4 is 4.74 Å². The molecule has 174 valence electrons. The van der Waals surface area contributed by atoms with Gasteiger partial charge >= 0.3 is 0 Å². The topological polar surface area (TPSA) is 56.6 Å². The van der Waals surface area contributed by atoms with Crippen LogP contribution in [0, 0.1) is 12.8 Å². The molecule has 1 aromatic heterocycles. The molecule has 2 heterocycles. The summed E-state index contributed by atoms with van der Waals surface area (Å²) >= 11 is 6.41. The van der Waals surface area contributed by atoms with E-state index in [9.17, 15) is 4.79 Å². The Labute approximate surface area is 200 Å². The number of ether oxygens (including phenoxy) is 2. The molecule has 0 aliphatic carbocycles. The lowest BCUT2D eigenvalue weighted by Gasteiger charge is -2.27. The highest BCUT2D eigenvalue weighted by Crippen LogP contribution is 2.35. The molecule has 3 aromatic rings. The van der Waals surface area contributed by atoms with E-state index in [1.807, 2.05) is 74.2 Å². The summed E-state index contributed by atoms with van der Waals surface area (Å²) in [5.41, 5.74) is 2.52. The summed E-state index contributed by atoms with van der Waals surface area (Å²) in [6.07, 6.45) is 2.05. The third-order valence-electron chi connectivity index (χ3n) is 5.78. The van der Waals surface area contributed by atoms with Crippen molar-refractivity contribution >= 4 is 17.5 Å². The highest BCUT2D eigenvalue weighted by molar-refractivity contribution is 6.32. The molecule has 1 aliphatic heterocycles. The summed E-state index contributed by atoms with van der Waals surface area (Å²) in [6.45, 7) is 7.48. The summed E-state index contributed by atoms with van der Waals surface area (Å²) in [6, 6.07) is 17.2. The van der Waals surface area contributed by atoms with Crippen LogP contribution in [-0.4, -0.2) is 39.8 Å². The van der Waals surface area contributed by atoms with E-state index in [1.165, 1.54) is 0 Å². The number of nitrogens with zero attached hydrogens (tertiary/aromatic N) is 3. The van der Waals surface area contributed by atoms with Gasteiger partial charge in [0.15, 0.2) is 0 Å². The van der Waals surface area contributed by atoms with E-state index >= 15 is 0 Å². The number of aryl methyl sites for hydroxylation is 1. The first-order valence-corrected chi connectivity index (χ1v) is 11.8. The van der Waals surface area contributed by atoms with Crippen LogP contribution in [0.5, 0.6) is 11.6 Å². The van der Waals surface area contributed by atoms with Crippen molar-refractivity contribution in [1.29, 1.82) is 0 Å². The number of para-hydroxylation sites is 2. The van der Waals surface area contributed by atoms with Gasteiger partial charge in [-0.05, 0) is 44.0 Å². The number of carbonyl (C=O) groups excluding carboxylic acids is 1. The second-order valence-electron chi connectivity index (χ2n) is 8.66. The van der Waals surface area contributed by atoms with Gasteiger partial charge in [-0.15, -0.1) is 0 Å². The first kappa shape index (κ1) is 23.3. The molecular weight excluding hydrogens is 438 g/mol. The third kappa shape index (κ3) is 5.40. The summed E-state index contributed by atoms with van der Waals surface area (Å²) < 4.78 is 14.0. The first-order valence-electron chi connectivity index (χ1n) is 11.4. The summed E-state index contributed by atoms with van der Waals surface area (Å²) in [5, 5.41) is 5.29. The Hall–Kier alpha value is -2.83. The zero-order chi connectivity index (χ0) is 23.4. The van der Waals surface area contributed by atoms with Gasteiger partial charge in [-0.25, -0.2) is 4.68 Å². The largest absolute Gasteiger partial charge is 0.437 e. The standard InChI is InChI=1S/C26H30ClN3O3/c1-18(2)25(31)29(16-21-12-9-15-32-21)17-22-19(3)28-30(20-10-5-4-6-11-20)26(22)33-24-14-8-7-13-23(24)27/h4-8,10-11,13-14,18,21H,9,12,15-17H2,1-3H3/t21-/m0/s1. The van der Waals surface area contributed by atoms with E-state index in [-0.39, 0.29) is 17.9 Å². The fourth-order valence-electron chi connectivity index (χ4n) is 4.02. The molecular formula is C26H30ClN3O3. The van der Waals surface area contributed by atoms with E-state index in [2.05, 4.69) is 0 Å². The Morgan fingerprint density at radius 3 is 2.61 bits per heavy atom. The van der Waals surface area contributed by atoms with E-state index in [4.69, 9.17) is 26.2 Å². The fourth-order valence-corrected chi connectivity index (χ4v) is 4.20. The van der Waals surface area contributed by atoms with Crippen LogP contribution in [0.15, 0.2) is 54.6 Å². The molecule has 0 spiro atoms. The minimum atomic E-state index is -0.121. The number of hydrogen-bond acceptors (Lipinski definition) is 4. The van der Waals surface area contributed by atoms with Crippen LogP contribution in [0.3, 0.4) is 0 Å². The van der Waals surface area contributed by atoms with Crippen LogP contribution in [0.4, 0.5) is 0 Å². The molecule has 2 aromatic carbocycles. The van der Waals surface area contributed by atoms with Gasteiger partial charge in [0.1, 0.15) is 5.75 Å². The molecule has 0 unspecified atom stereocenters. The number of halogens is 1. The zero-order valence-corrected chi connectivity index (χ0v) is 20.1. The van der Waals surface area contributed by atoms with Crippen molar-refractivity contribution in [2.45, 2.75) is 46.3 Å². The van der Waals surface area contributed by atoms with E-state index in [0.29, 0.717) is 29.7 Å². The van der Waals surface area contributed by atoms with Crippen LogP contribution in [0.25, 0.3) is 5.69 Å².